The van der Waals surface area contributed by atoms with Crippen molar-refractivity contribution in [3.8, 4) is 0 Å². The minimum atomic E-state index is -3.83. The molecule has 0 aromatic heterocycles. The molecule has 0 bridgehead atoms. The first-order valence-electron chi connectivity index (χ1n) is 7.71. The lowest BCUT2D eigenvalue weighted by Gasteiger charge is -2.23. The van der Waals surface area contributed by atoms with Crippen LogP contribution in [0.1, 0.15) is 27.7 Å². The van der Waals surface area contributed by atoms with E-state index >= 15 is 0 Å². The summed E-state index contributed by atoms with van der Waals surface area (Å²) in [4.78, 5) is 24.3. The number of carboxylic acids is 1. The molecule has 1 aromatic carbocycles. The standard InChI is InChI=1S/C16H25N3O5S/c1-11(14(20)21)10-19(5)15(22)17-12-8-6-7-9-13(12)25(23,24)18-16(2,3)4/h6-9,11,18H,10H2,1-5H3,(H,17,22)(H,20,21). The molecule has 0 heterocycles. The minimum absolute atomic E-state index is 0.00365. The fraction of sp³-hybridized carbons (Fsp3) is 0.500. The number of carbonyl (C=O) groups excluding carboxylic acids is 1. The molecule has 1 rings (SSSR count). The van der Waals surface area contributed by atoms with E-state index in [4.69, 9.17) is 5.11 Å². The number of carbonyl (C=O) groups is 2. The number of amides is 2. The van der Waals surface area contributed by atoms with Crippen LogP contribution in [0.3, 0.4) is 0 Å². The monoisotopic (exact) mass is 371 g/mol. The number of sulfonamides is 1. The van der Waals surface area contributed by atoms with E-state index in [1.54, 1.807) is 32.9 Å². The summed E-state index contributed by atoms with van der Waals surface area (Å²) in [6, 6.07) is 5.44. The summed E-state index contributed by atoms with van der Waals surface area (Å²) >= 11 is 0. The zero-order chi connectivity index (χ0) is 19.4. The molecule has 1 atom stereocenters. The highest BCUT2D eigenvalue weighted by molar-refractivity contribution is 7.89. The lowest BCUT2D eigenvalue weighted by Crippen LogP contribution is -2.41. The first-order chi connectivity index (χ1) is 11.3. The van der Waals surface area contributed by atoms with Crippen LogP contribution >= 0.6 is 0 Å². The Morgan fingerprint density at radius 2 is 1.80 bits per heavy atom. The lowest BCUT2D eigenvalue weighted by molar-refractivity contribution is -0.141. The summed E-state index contributed by atoms with van der Waals surface area (Å²) in [5, 5.41) is 11.4. The molecule has 0 spiro atoms. The van der Waals surface area contributed by atoms with Gasteiger partial charge in [-0.05, 0) is 32.9 Å². The Morgan fingerprint density at radius 3 is 2.32 bits per heavy atom. The lowest BCUT2D eigenvalue weighted by atomic mass is 10.1. The van der Waals surface area contributed by atoms with Crippen LogP contribution in [0.2, 0.25) is 0 Å². The molecular formula is C16H25N3O5S. The van der Waals surface area contributed by atoms with Gasteiger partial charge in [-0.1, -0.05) is 19.1 Å². The van der Waals surface area contributed by atoms with Crippen LogP contribution in [0, 0.1) is 5.92 Å². The van der Waals surface area contributed by atoms with Crippen LogP contribution in [0.15, 0.2) is 29.2 Å². The molecule has 8 nitrogen and oxygen atoms in total. The summed E-state index contributed by atoms with van der Waals surface area (Å²) < 4.78 is 27.6. The number of urea groups is 1. The van der Waals surface area contributed by atoms with E-state index in [9.17, 15) is 18.0 Å². The van der Waals surface area contributed by atoms with Crippen LogP contribution in [-0.2, 0) is 14.8 Å². The predicted molar refractivity (Wildman–Crippen MR) is 95.0 cm³/mol. The van der Waals surface area contributed by atoms with E-state index in [-0.39, 0.29) is 17.1 Å². The highest BCUT2D eigenvalue weighted by atomic mass is 32.2. The van der Waals surface area contributed by atoms with E-state index in [0.29, 0.717) is 0 Å². The van der Waals surface area contributed by atoms with Crippen molar-refractivity contribution in [3.63, 3.8) is 0 Å². The topological polar surface area (TPSA) is 116 Å². The average Bonchev–Trinajstić information content (AvgIpc) is 2.44. The molecule has 2 amide bonds. The Labute approximate surface area is 148 Å². The van der Waals surface area contributed by atoms with Crippen LogP contribution in [-0.4, -0.2) is 49.6 Å². The number of carboxylic acid groups (broad SMARTS) is 1. The van der Waals surface area contributed by atoms with E-state index in [1.807, 2.05) is 0 Å². The smallest absolute Gasteiger partial charge is 0.321 e. The Bertz CT molecular complexity index is 740. The molecule has 0 saturated heterocycles. The highest BCUT2D eigenvalue weighted by Crippen LogP contribution is 2.22. The zero-order valence-electron chi connectivity index (χ0n) is 15.0. The van der Waals surface area contributed by atoms with Crippen molar-refractivity contribution >= 4 is 27.7 Å². The maximum absolute atomic E-state index is 12.5. The Morgan fingerprint density at radius 1 is 1.24 bits per heavy atom. The van der Waals surface area contributed by atoms with Gasteiger partial charge in [0.05, 0.1) is 11.6 Å². The quantitative estimate of drug-likeness (QED) is 0.707. The van der Waals surface area contributed by atoms with Gasteiger partial charge in [-0.25, -0.2) is 17.9 Å². The van der Waals surface area contributed by atoms with Gasteiger partial charge < -0.3 is 15.3 Å². The molecule has 9 heteroatoms. The predicted octanol–water partition coefficient (Wildman–Crippen LogP) is 1.95. The second-order valence-electron chi connectivity index (χ2n) is 6.90. The summed E-state index contributed by atoms with van der Waals surface area (Å²) in [6.45, 7) is 6.63. The van der Waals surface area contributed by atoms with Crippen LogP contribution in [0.5, 0.6) is 0 Å². The zero-order valence-corrected chi connectivity index (χ0v) is 15.8. The van der Waals surface area contributed by atoms with Crippen LogP contribution in [0.4, 0.5) is 10.5 Å². The number of aliphatic carboxylic acids is 1. The summed E-state index contributed by atoms with van der Waals surface area (Å²) in [6.07, 6.45) is 0. The Balaban J connectivity index is 3.01. The van der Waals surface area contributed by atoms with Gasteiger partial charge in [0, 0.05) is 19.1 Å². The Kier molecular flexibility index (Phi) is 6.55. The van der Waals surface area contributed by atoms with Gasteiger partial charge >= 0.3 is 12.0 Å². The maximum atomic E-state index is 12.5. The SMILES string of the molecule is CC(CN(C)C(=O)Nc1ccccc1S(=O)(=O)NC(C)(C)C)C(=O)O. The molecule has 140 valence electrons. The average molecular weight is 371 g/mol. The molecule has 0 fully saturated rings. The van der Waals surface area contributed by atoms with Gasteiger partial charge in [0.25, 0.3) is 0 Å². The molecule has 0 saturated carbocycles. The van der Waals surface area contributed by atoms with Crippen LogP contribution in [0.25, 0.3) is 0 Å². The second-order valence-corrected chi connectivity index (χ2v) is 8.55. The van der Waals surface area contributed by atoms with Crippen molar-refractivity contribution in [2.75, 3.05) is 18.9 Å². The fourth-order valence-electron chi connectivity index (χ4n) is 2.04. The minimum Gasteiger partial charge on any atom is -0.481 e. The van der Waals surface area contributed by atoms with Crippen LogP contribution < -0.4 is 10.0 Å². The van der Waals surface area contributed by atoms with Crippen molar-refractivity contribution in [2.45, 2.75) is 38.1 Å². The van der Waals surface area contributed by atoms with Crippen molar-refractivity contribution in [3.05, 3.63) is 24.3 Å². The maximum Gasteiger partial charge on any atom is 0.321 e. The normalized spacial score (nSPS) is 13.2. The highest BCUT2D eigenvalue weighted by Gasteiger charge is 2.25. The number of anilines is 1. The number of rotatable bonds is 6. The van der Waals surface area contributed by atoms with E-state index in [1.165, 1.54) is 31.0 Å². The van der Waals surface area contributed by atoms with Crippen molar-refractivity contribution in [1.29, 1.82) is 0 Å². The first-order valence-corrected chi connectivity index (χ1v) is 9.20. The summed E-state index contributed by atoms with van der Waals surface area (Å²) in [5.74, 6) is -1.76. The van der Waals surface area contributed by atoms with Gasteiger partial charge in [-0.3, -0.25) is 4.79 Å². The molecule has 1 unspecified atom stereocenters. The molecular weight excluding hydrogens is 346 g/mol. The number of benzene rings is 1. The van der Waals surface area contributed by atoms with Gasteiger partial charge in [0.15, 0.2) is 0 Å². The molecule has 0 aliphatic heterocycles. The molecule has 0 radical (unpaired) electrons. The fourth-order valence-corrected chi connectivity index (χ4v) is 3.63. The third-order valence-electron chi connectivity index (χ3n) is 3.17. The van der Waals surface area contributed by atoms with Gasteiger partial charge in [0.1, 0.15) is 4.90 Å². The molecule has 3 N–H and O–H groups in total. The van der Waals surface area contributed by atoms with E-state index in [0.717, 1.165) is 0 Å². The van der Waals surface area contributed by atoms with Crippen molar-refractivity contribution < 1.29 is 23.1 Å². The summed E-state index contributed by atoms with van der Waals surface area (Å²) in [7, 11) is -2.39. The third kappa shape index (κ3) is 6.35. The molecule has 25 heavy (non-hydrogen) atoms. The number of hydrogen-bond acceptors (Lipinski definition) is 4. The van der Waals surface area contributed by atoms with Gasteiger partial charge in [-0.15, -0.1) is 0 Å². The number of para-hydroxylation sites is 1. The van der Waals surface area contributed by atoms with Crippen molar-refractivity contribution in [2.24, 2.45) is 5.92 Å². The molecule has 0 aliphatic rings. The van der Waals surface area contributed by atoms with E-state index in [2.05, 4.69) is 10.0 Å². The first kappa shape index (κ1) is 20.9. The molecule has 0 aliphatic carbocycles. The number of nitrogens with one attached hydrogen (secondary N) is 2. The van der Waals surface area contributed by atoms with Gasteiger partial charge in [-0.2, -0.15) is 0 Å². The Hall–Kier alpha value is -2.13. The summed E-state index contributed by atoms with van der Waals surface area (Å²) in [5.41, 5.74) is -0.553. The molecule has 1 aromatic rings. The van der Waals surface area contributed by atoms with E-state index < -0.39 is 33.5 Å². The number of nitrogens with zero attached hydrogens (tertiary/aromatic N) is 1. The third-order valence-corrected chi connectivity index (χ3v) is 4.99. The van der Waals surface area contributed by atoms with Crippen molar-refractivity contribution in [1.82, 2.24) is 9.62 Å². The largest absolute Gasteiger partial charge is 0.481 e. The second kappa shape index (κ2) is 7.83. The number of hydrogen-bond donors (Lipinski definition) is 3. The van der Waals surface area contributed by atoms with Gasteiger partial charge in [0.2, 0.25) is 10.0 Å².